The second-order valence-corrected chi connectivity index (χ2v) is 7.65. The first-order valence-corrected chi connectivity index (χ1v) is 10.0. The smallest absolute Gasteiger partial charge is 0.310 e. The molecule has 0 fully saturated rings. The number of rotatable bonds is 8. The number of aryl methyl sites for hydroxylation is 1. The SMILES string of the molecule is CCOC(=O)[C@H](CC)[C@H](NS(=O)(=O)c1ccc(C)cc1)c1ccccn1. The second-order valence-electron chi connectivity index (χ2n) is 5.93. The van der Waals surface area contributed by atoms with E-state index in [2.05, 4.69) is 9.71 Å². The Morgan fingerprint density at radius 2 is 1.85 bits per heavy atom. The molecule has 1 heterocycles. The van der Waals surface area contributed by atoms with Crippen molar-refractivity contribution in [1.82, 2.24) is 9.71 Å². The van der Waals surface area contributed by atoms with E-state index in [9.17, 15) is 13.2 Å². The average Bonchev–Trinajstić information content (AvgIpc) is 2.63. The minimum Gasteiger partial charge on any atom is -0.466 e. The first-order chi connectivity index (χ1) is 12.4. The van der Waals surface area contributed by atoms with E-state index in [4.69, 9.17) is 4.74 Å². The van der Waals surface area contributed by atoms with E-state index in [1.807, 2.05) is 13.8 Å². The van der Waals surface area contributed by atoms with Crippen molar-refractivity contribution < 1.29 is 17.9 Å². The summed E-state index contributed by atoms with van der Waals surface area (Å²) < 4.78 is 33.5. The zero-order valence-corrected chi connectivity index (χ0v) is 16.0. The summed E-state index contributed by atoms with van der Waals surface area (Å²) in [6.45, 7) is 5.65. The van der Waals surface area contributed by atoms with Gasteiger partial charge >= 0.3 is 5.97 Å². The third-order valence-electron chi connectivity index (χ3n) is 4.05. The summed E-state index contributed by atoms with van der Waals surface area (Å²) >= 11 is 0. The van der Waals surface area contributed by atoms with Crippen molar-refractivity contribution in [2.75, 3.05) is 6.61 Å². The highest BCUT2D eigenvalue weighted by Gasteiger charge is 2.34. The molecule has 7 heteroatoms. The molecule has 2 rings (SSSR count). The zero-order valence-electron chi connectivity index (χ0n) is 15.2. The molecule has 0 amide bonds. The van der Waals surface area contributed by atoms with Crippen LogP contribution in [0.5, 0.6) is 0 Å². The molecule has 0 radical (unpaired) electrons. The van der Waals surface area contributed by atoms with Crippen LogP contribution in [0.3, 0.4) is 0 Å². The molecular weight excluding hydrogens is 352 g/mol. The number of ether oxygens (including phenoxy) is 1. The molecule has 0 aliphatic heterocycles. The highest BCUT2D eigenvalue weighted by Crippen LogP contribution is 2.27. The van der Waals surface area contributed by atoms with Crippen LogP contribution in [0.1, 0.15) is 37.6 Å². The lowest BCUT2D eigenvalue weighted by molar-refractivity contribution is -0.149. The summed E-state index contributed by atoms with van der Waals surface area (Å²) in [6, 6.07) is 10.9. The van der Waals surface area contributed by atoms with E-state index in [0.717, 1.165) is 5.56 Å². The van der Waals surface area contributed by atoms with Crippen molar-refractivity contribution in [1.29, 1.82) is 0 Å². The maximum atomic E-state index is 12.8. The third-order valence-corrected chi connectivity index (χ3v) is 5.51. The van der Waals surface area contributed by atoms with E-state index >= 15 is 0 Å². The highest BCUT2D eigenvalue weighted by atomic mass is 32.2. The van der Waals surface area contributed by atoms with Crippen LogP contribution in [-0.2, 0) is 19.6 Å². The molecule has 26 heavy (non-hydrogen) atoms. The van der Waals surface area contributed by atoms with Crippen molar-refractivity contribution in [3.8, 4) is 0 Å². The molecule has 1 aromatic carbocycles. The van der Waals surface area contributed by atoms with E-state index in [1.54, 1.807) is 55.6 Å². The Bertz CT molecular complexity index is 820. The van der Waals surface area contributed by atoms with E-state index < -0.39 is 28.0 Å². The summed E-state index contributed by atoms with van der Waals surface area (Å²) in [7, 11) is -3.83. The van der Waals surface area contributed by atoms with Gasteiger partial charge in [0.15, 0.2) is 0 Å². The number of benzene rings is 1. The predicted octanol–water partition coefficient (Wildman–Crippen LogP) is 3.00. The summed E-state index contributed by atoms with van der Waals surface area (Å²) in [6.07, 6.45) is 1.98. The fraction of sp³-hybridized carbons (Fsp3) is 0.368. The molecule has 0 saturated carbocycles. The third kappa shape index (κ3) is 4.89. The van der Waals surface area contributed by atoms with Crippen LogP contribution in [0.4, 0.5) is 0 Å². The van der Waals surface area contributed by atoms with Crippen LogP contribution in [0.15, 0.2) is 53.6 Å². The summed E-state index contributed by atoms with van der Waals surface area (Å²) in [5.41, 5.74) is 1.44. The molecule has 1 N–H and O–H groups in total. The minimum absolute atomic E-state index is 0.141. The normalized spacial score (nSPS) is 13.8. The van der Waals surface area contributed by atoms with Crippen molar-refractivity contribution in [3.63, 3.8) is 0 Å². The summed E-state index contributed by atoms with van der Waals surface area (Å²) in [5, 5.41) is 0. The number of carbonyl (C=O) groups is 1. The number of hydrogen-bond donors (Lipinski definition) is 1. The van der Waals surface area contributed by atoms with Crippen LogP contribution in [0, 0.1) is 12.8 Å². The first kappa shape index (κ1) is 20.1. The van der Waals surface area contributed by atoms with Crippen LogP contribution in [0.2, 0.25) is 0 Å². The maximum Gasteiger partial charge on any atom is 0.310 e. The Balaban J connectivity index is 2.40. The monoisotopic (exact) mass is 376 g/mol. The van der Waals surface area contributed by atoms with Gasteiger partial charge in [-0.1, -0.05) is 30.7 Å². The summed E-state index contributed by atoms with van der Waals surface area (Å²) in [5.74, 6) is -1.12. The van der Waals surface area contributed by atoms with Gasteiger partial charge in [0, 0.05) is 6.20 Å². The van der Waals surface area contributed by atoms with Gasteiger partial charge in [-0.3, -0.25) is 9.78 Å². The standard InChI is InChI=1S/C19H24N2O4S/c1-4-16(19(22)25-5-2)18(17-8-6-7-13-20-17)21-26(23,24)15-11-9-14(3)10-12-15/h6-13,16,18,21H,4-5H2,1-3H3/t16-,18+/m1/s1. The molecule has 0 spiro atoms. The Labute approximate surface area is 154 Å². The second kappa shape index (κ2) is 8.91. The van der Waals surface area contributed by atoms with E-state index in [1.165, 1.54) is 0 Å². The van der Waals surface area contributed by atoms with Gasteiger partial charge < -0.3 is 4.74 Å². The molecule has 1 aromatic heterocycles. The first-order valence-electron chi connectivity index (χ1n) is 8.55. The van der Waals surface area contributed by atoms with Gasteiger partial charge in [-0.15, -0.1) is 0 Å². The van der Waals surface area contributed by atoms with Gasteiger partial charge in [0.05, 0.1) is 29.2 Å². The molecule has 0 aliphatic carbocycles. The number of esters is 1. The highest BCUT2D eigenvalue weighted by molar-refractivity contribution is 7.89. The Hall–Kier alpha value is -2.25. The van der Waals surface area contributed by atoms with Crippen LogP contribution < -0.4 is 4.72 Å². The number of hydrogen-bond acceptors (Lipinski definition) is 5. The van der Waals surface area contributed by atoms with Gasteiger partial charge in [-0.2, -0.15) is 0 Å². The lowest BCUT2D eigenvalue weighted by Crippen LogP contribution is -2.37. The number of sulfonamides is 1. The molecule has 0 saturated heterocycles. The topological polar surface area (TPSA) is 85.4 Å². The lowest BCUT2D eigenvalue weighted by atomic mass is 9.95. The van der Waals surface area contributed by atoms with Crippen LogP contribution in [0.25, 0.3) is 0 Å². The van der Waals surface area contributed by atoms with E-state index in [0.29, 0.717) is 12.1 Å². The number of aromatic nitrogens is 1. The van der Waals surface area contributed by atoms with Gasteiger partial charge in [-0.25, -0.2) is 13.1 Å². The fourth-order valence-electron chi connectivity index (χ4n) is 2.65. The van der Waals surface area contributed by atoms with Crippen LogP contribution in [-0.4, -0.2) is 26.0 Å². The van der Waals surface area contributed by atoms with Gasteiger partial charge in [0.25, 0.3) is 0 Å². The number of nitrogens with one attached hydrogen (secondary N) is 1. The molecule has 140 valence electrons. The Morgan fingerprint density at radius 1 is 1.15 bits per heavy atom. The van der Waals surface area contributed by atoms with Crippen molar-refractivity contribution in [3.05, 3.63) is 59.9 Å². The average molecular weight is 376 g/mol. The number of carbonyl (C=O) groups excluding carboxylic acids is 1. The van der Waals surface area contributed by atoms with Gasteiger partial charge in [-0.05, 0) is 44.5 Å². The van der Waals surface area contributed by atoms with Crippen molar-refractivity contribution in [2.45, 2.75) is 38.1 Å². The lowest BCUT2D eigenvalue weighted by Gasteiger charge is -2.25. The van der Waals surface area contributed by atoms with Gasteiger partial charge in [0.1, 0.15) is 0 Å². The summed E-state index contributed by atoms with van der Waals surface area (Å²) in [4.78, 5) is 16.8. The predicted molar refractivity (Wildman–Crippen MR) is 98.9 cm³/mol. The number of pyridine rings is 1. The largest absolute Gasteiger partial charge is 0.466 e. The molecule has 0 bridgehead atoms. The molecule has 6 nitrogen and oxygen atoms in total. The van der Waals surface area contributed by atoms with Gasteiger partial charge in [0.2, 0.25) is 10.0 Å². The molecule has 2 aromatic rings. The fourth-order valence-corrected chi connectivity index (χ4v) is 3.90. The minimum atomic E-state index is -3.83. The number of nitrogens with zero attached hydrogens (tertiary/aromatic N) is 1. The molecular formula is C19H24N2O4S. The molecule has 0 unspecified atom stereocenters. The van der Waals surface area contributed by atoms with Crippen LogP contribution >= 0.6 is 0 Å². The Kier molecular flexibility index (Phi) is 6.88. The molecule has 0 aliphatic rings. The van der Waals surface area contributed by atoms with E-state index in [-0.39, 0.29) is 11.5 Å². The molecule has 2 atom stereocenters. The maximum absolute atomic E-state index is 12.8. The Morgan fingerprint density at radius 3 is 2.38 bits per heavy atom. The van der Waals surface area contributed by atoms with Crippen molar-refractivity contribution in [2.24, 2.45) is 5.92 Å². The zero-order chi connectivity index (χ0) is 19.2. The van der Waals surface area contributed by atoms with Crippen molar-refractivity contribution >= 4 is 16.0 Å². The quantitative estimate of drug-likeness (QED) is 0.716.